The Morgan fingerprint density at radius 1 is 1.32 bits per heavy atom. The zero-order valence-electron chi connectivity index (χ0n) is 15.5. The van der Waals surface area contributed by atoms with E-state index in [1.807, 2.05) is 24.4 Å². The summed E-state index contributed by atoms with van der Waals surface area (Å²) in [4.78, 5) is 17.1. The van der Waals surface area contributed by atoms with E-state index < -0.39 is 0 Å². The lowest BCUT2D eigenvalue weighted by Crippen LogP contribution is -2.27. The number of rotatable bonds is 3. The van der Waals surface area contributed by atoms with Crippen molar-refractivity contribution in [3.05, 3.63) is 54.3 Å². The number of pyridine rings is 1. The Bertz CT molecular complexity index is 1190. The quantitative estimate of drug-likeness (QED) is 0.514. The Balaban J connectivity index is 1.77. The highest BCUT2D eigenvalue weighted by Crippen LogP contribution is 2.34. The molecular formula is C20H19N7O. The van der Waals surface area contributed by atoms with E-state index in [9.17, 15) is 0 Å². The van der Waals surface area contributed by atoms with Crippen molar-refractivity contribution in [2.75, 3.05) is 6.61 Å². The van der Waals surface area contributed by atoms with Crippen LogP contribution in [0.4, 0.5) is 5.69 Å². The van der Waals surface area contributed by atoms with Crippen LogP contribution in [-0.2, 0) is 11.3 Å². The van der Waals surface area contributed by atoms with E-state index in [4.69, 9.17) is 16.3 Å². The summed E-state index contributed by atoms with van der Waals surface area (Å²) in [5.74, 6) is 0.919. The van der Waals surface area contributed by atoms with Crippen molar-refractivity contribution in [3.8, 4) is 0 Å². The molecule has 0 bridgehead atoms. The van der Waals surface area contributed by atoms with Gasteiger partial charge in [-0.25, -0.2) is 19.5 Å². The summed E-state index contributed by atoms with van der Waals surface area (Å²) in [6.07, 6.45) is 7.09. The van der Waals surface area contributed by atoms with Crippen LogP contribution in [0.2, 0.25) is 0 Å². The molecule has 28 heavy (non-hydrogen) atoms. The first-order valence-corrected chi connectivity index (χ1v) is 9.34. The van der Waals surface area contributed by atoms with Gasteiger partial charge in [0.05, 0.1) is 29.9 Å². The summed E-state index contributed by atoms with van der Waals surface area (Å²) in [7, 11) is 0. The number of nitrogens with zero attached hydrogens (tertiary/aromatic N) is 7. The van der Waals surface area contributed by atoms with Gasteiger partial charge in [0.1, 0.15) is 30.5 Å². The second-order valence-electron chi connectivity index (χ2n) is 7.16. The fourth-order valence-corrected chi connectivity index (χ4v) is 4.06. The lowest BCUT2D eigenvalue weighted by atomic mass is 10.0. The Labute approximate surface area is 161 Å². The van der Waals surface area contributed by atoms with E-state index in [-0.39, 0.29) is 12.1 Å². The predicted octanol–water partition coefficient (Wildman–Crippen LogP) is 3.52. The number of benzene rings is 1. The fourth-order valence-electron chi connectivity index (χ4n) is 4.06. The van der Waals surface area contributed by atoms with Crippen molar-refractivity contribution >= 4 is 27.6 Å². The molecule has 1 fully saturated rings. The second kappa shape index (κ2) is 6.69. The molecule has 3 aromatic heterocycles. The monoisotopic (exact) mass is 373 g/mol. The molecule has 0 spiro atoms. The first-order valence-electron chi connectivity index (χ1n) is 9.34. The smallest absolute Gasteiger partial charge is 0.188 e. The van der Waals surface area contributed by atoms with Gasteiger partial charge in [-0.3, -0.25) is 4.98 Å². The number of imidazole rings is 1. The van der Waals surface area contributed by atoms with Crippen LogP contribution in [0, 0.1) is 6.57 Å². The third-order valence-corrected chi connectivity index (χ3v) is 5.29. The summed E-state index contributed by atoms with van der Waals surface area (Å²) in [6, 6.07) is 5.90. The minimum Gasteiger partial charge on any atom is -0.378 e. The van der Waals surface area contributed by atoms with Crippen molar-refractivity contribution in [1.29, 1.82) is 0 Å². The fraction of sp³-hybridized carbons (Fsp3) is 0.350. The Morgan fingerprint density at radius 3 is 3.04 bits per heavy atom. The maximum atomic E-state index is 7.39. The summed E-state index contributed by atoms with van der Waals surface area (Å²) >= 11 is 0. The van der Waals surface area contributed by atoms with E-state index in [1.165, 1.54) is 6.33 Å². The predicted molar refractivity (Wildman–Crippen MR) is 104 cm³/mol. The lowest BCUT2D eigenvalue weighted by Gasteiger charge is -2.30. The molecule has 1 aliphatic rings. The first-order chi connectivity index (χ1) is 13.7. The largest absolute Gasteiger partial charge is 0.378 e. The van der Waals surface area contributed by atoms with Gasteiger partial charge < -0.3 is 9.30 Å². The van der Waals surface area contributed by atoms with Gasteiger partial charge in [-0.1, -0.05) is 6.07 Å². The van der Waals surface area contributed by atoms with Crippen molar-refractivity contribution in [1.82, 2.24) is 29.3 Å². The lowest BCUT2D eigenvalue weighted by molar-refractivity contribution is 0.00619. The Morgan fingerprint density at radius 2 is 2.25 bits per heavy atom. The molecule has 1 aromatic carbocycles. The van der Waals surface area contributed by atoms with Crippen LogP contribution in [0.1, 0.15) is 31.6 Å². The van der Waals surface area contributed by atoms with Gasteiger partial charge in [-0.05, 0) is 31.9 Å². The number of hydrogen-bond donors (Lipinski definition) is 0. The number of aromatic nitrogens is 6. The van der Waals surface area contributed by atoms with E-state index in [2.05, 4.69) is 31.4 Å². The van der Waals surface area contributed by atoms with E-state index in [1.54, 1.807) is 11.0 Å². The van der Waals surface area contributed by atoms with E-state index in [0.29, 0.717) is 12.2 Å². The highest BCUT2D eigenvalue weighted by Gasteiger charge is 2.26. The first kappa shape index (κ1) is 16.8. The van der Waals surface area contributed by atoms with Crippen LogP contribution in [-0.4, -0.2) is 42.0 Å². The maximum absolute atomic E-state index is 7.39. The average Bonchev–Trinajstić information content (AvgIpc) is 3.35. The summed E-state index contributed by atoms with van der Waals surface area (Å²) < 4.78 is 9.87. The van der Waals surface area contributed by atoms with Gasteiger partial charge in [0, 0.05) is 18.0 Å². The molecule has 8 nitrogen and oxygen atoms in total. The minimum absolute atomic E-state index is 0.197. The van der Waals surface area contributed by atoms with Crippen LogP contribution in [0.15, 0.2) is 37.1 Å². The van der Waals surface area contributed by atoms with Gasteiger partial charge in [0.2, 0.25) is 0 Å². The molecule has 0 N–H and O–H groups in total. The van der Waals surface area contributed by atoms with E-state index >= 15 is 0 Å². The van der Waals surface area contributed by atoms with Gasteiger partial charge in [-0.15, -0.1) is 0 Å². The molecule has 4 aromatic rings. The molecular weight excluding hydrogens is 354 g/mol. The molecule has 1 aliphatic heterocycles. The molecule has 2 atom stereocenters. The minimum atomic E-state index is 0.197. The van der Waals surface area contributed by atoms with Crippen molar-refractivity contribution < 1.29 is 4.74 Å². The molecule has 140 valence electrons. The zero-order chi connectivity index (χ0) is 19.1. The highest BCUT2D eigenvalue weighted by molar-refractivity contribution is 6.03. The summed E-state index contributed by atoms with van der Waals surface area (Å²) in [5.41, 5.74) is 3.34. The molecule has 0 radical (unpaired) electrons. The molecule has 8 heteroatoms. The molecule has 0 amide bonds. The number of ether oxygens (including phenoxy) is 1. The maximum Gasteiger partial charge on any atom is 0.188 e. The van der Waals surface area contributed by atoms with Crippen LogP contribution in [0.5, 0.6) is 0 Å². The van der Waals surface area contributed by atoms with Crippen molar-refractivity contribution in [2.45, 2.75) is 38.5 Å². The second-order valence-corrected chi connectivity index (χ2v) is 7.16. The Kier molecular flexibility index (Phi) is 4.02. The molecule has 0 unspecified atom stereocenters. The van der Waals surface area contributed by atoms with Gasteiger partial charge >= 0.3 is 0 Å². The average molecular weight is 373 g/mol. The van der Waals surface area contributed by atoms with Crippen LogP contribution in [0.3, 0.4) is 0 Å². The standard InChI is InChI=1S/C20H19N7O/c1-13-7-15(5-6-28-13)27-19(10-26-12-22-11-24-26)25-18-9-23-17-4-3-14(21-2)8-16(17)20(18)27/h3-4,8-9,11-13,15H,5-7,10H2,1H3/t13-,15-/m1/s1. The number of fused-ring (bicyclic) bond motifs is 3. The van der Waals surface area contributed by atoms with Gasteiger partial charge in [0.25, 0.3) is 0 Å². The molecule has 1 saturated heterocycles. The number of hydrogen-bond acceptors (Lipinski definition) is 5. The SMILES string of the molecule is [C-]#[N+]c1ccc2ncc3nc(Cn4cncn4)n([C@@H]4CCO[C@H](C)C4)c3c2c1. The van der Waals surface area contributed by atoms with Crippen LogP contribution >= 0.6 is 0 Å². The van der Waals surface area contributed by atoms with Gasteiger partial charge in [0.15, 0.2) is 5.69 Å². The van der Waals surface area contributed by atoms with E-state index in [0.717, 1.165) is 47.2 Å². The molecule has 0 saturated carbocycles. The van der Waals surface area contributed by atoms with Gasteiger partial charge in [-0.2, -0.15) is 5.10 Å². The Hall–Kier alpha value is -3.31. The highest BCUT2D eigenvalue weighted by atomic mass is 16.5. The molecule has 4 heterocycles. The van der Waals surface area contributed by atoms with Crippen molar-refractivity contribution in [2.24, 2.45) is 0 Å². The van der Waals surface area contributed by atoms with Crippen LogP contribution < -0.4 is 0 Å². The summed E-state index contributed by atoms with van der Waals surface area (Å²) in [5, 5.41) is 5.21. The normalized spacial score (nSPS) is 19.9. The van der Waals surface area contributed by atoms with Crippen molar-refractivity contribution in [3.63, 3.8) is 0 Å². The molecule has 5 rings (SSSR count). The summed E-state index contributed by atoms with van der Waals surface area (Å²) in [6.45, 7) is 10.8. The third kappa shape index (κ3) is 2.80. The zero-order valence-corrected chi connectivity index (χ0v) is 15.5. The molecule has 0 aliphatic carbocycles. The topological polar surface area (TPSA) is 75.0 Å². The third-order valence-electron chi connectivity index (χ3n) is 5.29. The van der Waals surface area contributed by atoms with Crippen LogP contribution in [0.25, 0.3) is 26.8 Å².